The van der Waals surface area contributed by atoms with Gasteiger partial charge < -0.3 is 15.8 Å². The molecule has 2 aromatic rings. The van der Waals surface area contributed by atoms with Crippen molar-refractivity contribution in [3.63, 3.8) is 0 Å². The number of nitrogens with one attached hydrogen (secondary N) is 1. The maximum absolute atomic E-state index is 11.8. The third kappa shape index (κ3) is 4.13. The standard InChI is InChI=1S/C16H17ClN2O2/c1-10-3-4-12(8-15(10)18)19-16(20)9-21-13-5-6-14(17)11(2)7-13/h3-8H,9,18H2,1-2H3,(H,19,20). The van der Waals surface area contributed by atoms with Crippen molar-refractivity contribution in [2.75, 3.05) is 17.7 Å². The normalized spacial score (nSPS) is 10.2. The van der Waals surface area contributed by atoms with Crippen molar-refractivity contribution < 1.29 is 9.53 Å². The van der Waals surface area contributed by atoms with E-state index in [9.17, 15) is 4.79 Å². The van der Waals surface area contributed by atoms with Crippen LogP contribution in [0.5, 0.6) is 5.75 Å². The monoisotopic (exact) mass is 304 g/mol. The van der Waals surface area contributed by atoms with E-state index in [1.54, 1.807) is 30.3 Å². The van der Waals surface area contributed by atoms with Gasteiger partial charge >= 0.3 is 0 Å². The Balaban J connectivity index is 1.92. The van der Waals surface area contributed by atoms with Crippen LogP contribution < -0.4 is 15.8 Å². The molecule has 1 amide bonds. The van der Waals surface area contributed by atoms with Gasteiger partial charge in [-0.05, 0) is 55.3 Å². The number of hydrogen-bond donors (Lipinski definition) is 2. The molecule has 0 saturated carbocycles. The molecule has 0 radical (unpaired) electrons. The number of carbonyl (C=O) groups is 1. The second-order valence-corrected chi connectivity index (χ2v) is 5.23. The quantitative estimate of drug-likeness (QED) is 0.849. The lowest BCUT2D eigenvalue weighted by Crippen LogP contribution is -2.20. The zero-order valence-corrected chi connectivity index (χ0v) is 12.7. The van der Waals surface area contributed by atoms with Crippen LogP contribution in [-0.2, 0) is 4.79 Å². The first-order chi connectivity index (χ1) is 9.95. The van der Waals surface area contributed by atoms with Gasteiger partial charge in [0.25, 0.3) is 5.91 Å². The second-order valence-electron chi connectivity index (χ2n) is 4.82. The summed E-state index contributed by atoms with van der Waals surface area (Å²) >= 11 is 5.93. The Kier molecular flexibility index (Phi) is 4.70. The van der Waals surface area contributed by atoms with Crippen LogP contribution in [0.2, 0.25) is 5.02 Å². The molecular weight excluding hydrogens is 288 g/mol. The average Bonchev–Trinajstić information content (AvgIpc) is 2.44. The lowest BCUT2D eigenvalue weighted by Gasteiger charge is -2.09. The molecule has 3 N–H and O–H groups in total. The van der Waals surface area contributed by atoms with Crippen LogP contribution in [0.25, 0.3) is 0 Å². The number of carbonyl (C=O) groups excluding carboxylic acids is 1. The Labute approximate surface area is 128 Å². The number of aryl methyl sites for hydroxylation is 2. The predicted octanol–water partition coefficient (Wildman–Crippen LogP) is 3.56. The van der Waals surface area contributed by atoms with E-state index in [2.05, 4.69) is 5.32 Å². The molecule has 0 aromatic heterocycles. The largest absolute Gasteiger partial charge is 0.484 e. The first kappa shape index (κ1) is 15.2. The highest BCUT2D eigenvalue weighted by Crippen LogP contribution is 2.21. The topological polar surface area (TPSA) is 64.3 Å². The summed E-state index contributed by atoms with van der Waals surface area (Å²) in [6.45, 7) is 3.71. The van der Waals surface area contributed by atoms with Crippen LogP contribution in [0.4, 0.5) is 11.4 Å². The van der Waals surface area contributed by atoms with Crippen molar-refractivity contribution in [2.24, 2.45) is 0 Å². The Morgan fingerprint density at radius 2 is 1.95 bits per heavy atom. The molecule has 4 nitrogen and oxygen atoms in total. The SMILES string of the molecule is Cc1ccc(NC(=O)COc2ccc(Cl)c(C)c2)cc1N. The highest BCUT2D eigenvalue weighted by atomic mass is 35.5. The molecule has 2 rings (SSSR count). The van der Waals surface area contributed by atoms with Crippen molar-refractivity contribution >= 4 is 28.9 Å². The van der Waals surface area contributed by atoms with Crippen LogP contribution in [-0.4, -0.2) is 12.5 Å². The Morgan fingerprint density at radius 1 is 1.19 bits per heavy atom. The number of hydrogen-bond acceptors (Lipinski definition) is 3. The van der Waals surface area contributed by atoms with Crippen LogP contribution in [0.3, 0.4) is 0 Å². The molecule has 0 fully saturated rings. The van der Waals surface area contributed by atoms with E-state index in [1.807, 2.05) is 19.9 Å². The predicted molar refractivity (Wildman–Crippen MR) is 85.9 cm³/mol. The fourth-order valence-electron chi connectivity index (χ4n) is 1.77. The summed E-state index contributed by atoms with van der Waals surface area (Å²) in [5, 5.41) is 3.40. The molecule has 0 spiro atoms. The molecule has 5 heteroatoms. The van der Waals surface area contributed by atoms with E-state index >= 15 is 0 Å². The molecule has 21 heavy (non-hydrogen) atoms. The fourth-order valence-corrected chi connectivity index (χ4v) is 1.89. The van der Waals surface area contributed by atoms with Crippen molar-refractivity contribution in [1.82, 2.24) is 0 Å². The number of ether oxygens (including phenoxy) is 1. The number of anilines is 2. The zero-order valence-electron chi connectivity index (χ0n) is 11.9. The number of halogens is 1. The number of amides is 1. The molecule has 0 aliphatic rings. The van der Waals surface area contributed by atoms with Gasteiger partial charge in [0.05, 0.1) is 0 Å². The molecule has 0 bridgehead atoms. The molecule has 0 aliphatic heterocycles. The highest BCUT2D eigenvalue weighted by Gasteiger charge is 2.06. The molecular formula is C16H17ClN2O2. The van der Waals surface area contributed by atoms with E-state index in [4.69, 9.17) is 22.1 Å². The fraction of sp³-hybridized carbons (Fsp3) is 0.188. The summed E-state index contributed by atoms with van der Waals surface area (Å²) < 4.78 is 5.43. The molecule has 0 aliphatic carbocycles. The van der Waals surface area contributed by atoms with Crippen molar-refractivity contribution in [2.45, 2.75) is 13.8 Å². The van der Waals surface area contributed by atoms with Gasteiger partial charge in [0, 0.05) is 16.4 Å². The number of rotatable bonds is 4. The Hall–Kier alpha value is -2.20. The summed E-state index contributed by atoms with van der Waals surface area (Å²) in [5.74, 6) is 0.362. The van der Waals surface area contributed by atoms with Gasteiger partial charge in [-0.1, -0.05) is 17.7 Å². The first-order valence-corrected chi connectivity index (χ1v) is 6.88. The van der Waals surface area contributed by atoms with E-state index in [1.165, 1.54) is 0 Å². The van der Waals surface area contributed by atoms with Crippen molar-refractivity contribution in [1.29, 1.82) is 0 Å². The number of benzene rings is 2. The molecule has 0 saturated heterocycles. The summed E-state index contributed by atoms with van der Waals surface area (Å²) in [5.41, 5.74) is 8.97. The summed E-state index contributed by atoms with van der Waals surface area (Å²) in [6, 6.07) is 10.6. The van der Waals surface area contributed by atoms with E-state index in [0.29, 0.717) is 22.1 Å². The minimum atomic E-state index is -0.245. The summed E-state index contributed by atoms with van der Waals surface area (Å²) in [6.07, 6.45) is 0. The van der Waals surface area contributed by atoms with E-state index in [-0.39, 0.29) is 12.5 Å². The molecule has 0 heterocycles. The van der Waals surface area contributed by atoms with Gasteiger partial charge in [0.1, 0.15) is 5.75 Å². The van der Waals surface area contributed by atoms with Crippen LogP contribution in [0.15, 0.2) is 36.4 Å². The van der Waals surface area contributed by atoms with Gasteiger partial charge in [0.15, 0.2) is 6.61 Å². The third-order valence-electron chi connectivity index (χ3n) is 3.06. The van der Waals surface area contributed by atoms with Crippen LogP contribution in [0.1, 0.15) is 11.1 Å². The van der Waals surface area contributed by atoms with Crippen molar-refractivity contribution in [3.05, 3.63) is 52.5 Å². The lowest BCUT2D eigenvalue weighted by atomic mass is 10.2. The number of nitrogens with two attached hydrogens (primary N) is 1. The second kappa shape index (κ2) is 6.50. The van der Waals surface area contributed by atoms with Crippen LogP contribution in [0, 0.1) is 13.8 Å². The first-order valence-electron chi connectivity index (χ1n) is 6.50. The molecule has 0 unspecified atom stereocenters. The Morgan fingerprint density at radius 3 is 2.62 bits per heavy atom. The van der Waals surface area contributed by atoms with Crippen molar-refractivity contribution in [3.8, 4) is 5.75 Å². The molecule has 2 aromatic carbocycles. The highest BCUT2D eigenvalue weighted by molar-refractivity contribution is 6.31. The third-order valence-corrected chi connectivity index (χ3v) is 3.49. The van der Waals surface area contributed by atoms with E-state index in [0.717, 1.165) is 11.1 Å². The lowest BCUT2D eigenvalue weighted by molar-refractivity contribution is -0.118. The maximum atomic E-state index is 11.8. The summed E-state index contributed by atoms with van der Waals surface area (Å²) in [7, 11) is 0. The van der Waals surface area contributed by atoms with Gasteiger partial charge in [0.2, 0.25) is 0 Å². The number of nitrogen functional groups attached to an aromatic ring is 1. The minimum Gasteiger partial charge on any atom is -0.484 e. The van der Waals surface area contributed by atoms with Gasteiger partial charge in [-0.25, -0.2) is 0 Å². The van der Waals surface area contributed by atoms with E-state index < -0.39 is 0 Å². The average molecular weight is 305 g/mol. The smallest absolute Gasteiger partial charge is 0.262 e. The molecule has 110 valence electrons. The zero-order chi connectivity index (χ0) is 15.4. The maximum Gasteiger partial charge on any atom is 0.262 e. The summed E-state index contributed by atoms with van der Waals surface area (Å²) in [4.78, 5) is 11.8. The Bertz CT molecular complexity index is 671. The molecule has 0 atom stereocenters. The van der Waals surface area contributed by atoms with Crippen LogP contribution >= 0.6 is 11.6 Å². The minimum absolute atomic E-state index is 0.0746. The van der Waals surface area contributed by atoms with Gasteiger partial charge in [-0.3, -0.25) is 4.79 Å². The van der Waals surface area contributed by atoms with Gasteiger partial charge in [-0.15, -0.1) is 0 Å². The van der Waals surface area contributed by atoms with Gasteiger partial charge in [-0.2, -0.15) is 0 Å².